The minimum absolute atomic E-state index is 0.605. The molecule has 1 nitrogen and oxygen atoms in total. The molecule has 1 N–H and O–H groups in total. The van der Waals surface area contributed by atoms with Crippen molar-refractivity contribution in [2.45, 2.75) is 52.0 Å². The van der Waals surface area contributed by atoms with Crippen LogP contribution in [-0.4, -0.2) is 12.6 Å². The summed E-state index contributed by atoms with van der Waals surface area (Å²) in [6.07, 6.45) is 11.8. The quantitative estimate of drug-likeness (QED) is 0.657. The smallest absolute Gasteiger partial charge is 0.0575 e. The van der Waals surface area contributed by atoms with Gasteiger partial charge < -0.3 is 5.32 Å². The van der Waals surface area contributed by atoms with Gasteiger partial charge in [-0.25, -0.2) is 0 Å². The summed E-state index contributed by atoms with van der Waals surface area (Å²) < 4.78 is 0. The molecule has 0 bridgehead atoms. The molecule has 1 aliphatic carbocycles. The van der Waals surface area contributed by atoms with E-state index in [4.69, 9.17) is 6.42 Å². The van der Waals surface area contributed by atoms with Crippen molar-refractivity contribution in [1.82, 2.24) is 5.32 Å². The highest BCUT2D eigenvalue weighted by molar-refractivity contribution is 4.90. The Bertz CT molecular complexity index is 182. The predicted molar refractivity (Wildman–Crippen MR) is 57.5 cm³/mol. The Hall–Kier alpha value is -0.480. The van der Waals surface area contributed by atoms with Crippen LogP contribution in [0.15, 0.2) is 0 Å². The average molecular weight is 179 g/mol. The first-order chi connectivity index (χ1) is 6.20. The highest BCUT2D eigenvalue weighted by Crippen LogP contribution is 2.38. The molecule has 0 aliphatic heterocycles. The van der Waals surface area contributed by atoms with Crippen LogP contribution in [-0.2, 0) is 0 Å². The molecule has 13 heavy (non-hydrogen) atoms. The first kappa shape index (κ1) is 10.6. The number of hydrogen-bond donors (Lipinski definition) is 1. The lowest BCUT2D eigenvalue weighted by molar-refractivity contribution is 0.180. The Morgan fingerprint density at radius 1 is 1.46 bits per heavy atom. The summed E-state index contributed by atoms with van der Waals surface area (Å²) in [4.78, 5) is 0. The van der Waals surface area contributed by atoms with Gasteiger partial charge in [0.2, 0.25) is 0 Å². The van der Waals surface area contributed by atoms with Crippen molar-refractivity contribution >= 4 is 0 Å². The average Bonchev–Trinajstić information content (AvgIpc) is 2.17. The molecule has 0 aromatic carbocycles. The Kier molecular flexibility index (Phi) is 3.81. The highest BCUT2D eigenvalue weighted by Gasteiger charge is 2.28. The zero-order valence-corrected chi connectivity index (χ0v) is 8.90. The molecule has 1 heteroatoms. The van der Waals surface area contributed by atoms with Crippen LogP contribution in [0.5, 0.6) is 0 Å². The van der Waals surface area contributed by atoms with Gasteiger partial charge in [0.1, 0.15) is 0 Å². The minimum atomic E-state index is 0.605. The van der Waals surface area contributed by atoms with Crippen LogP contribution < -0.4 is 5.32 Å². The summed E-state index contributed by atoms with van der Waals surface area (Å²) in [5.74, 6) is 2.64. The molecule has 0 amide bonds. The zero-order chi connectivity index (χ0) is 9.73. The molecule has 1 rings (SSSR count). The van der Waals surface area contributed by atoms with Crippen molar-refractivity contribution in [1.29, 1.82) is 0 Å². The van der Waals surface area contributed by atoms with Crippen LogP contribution in [0.2, 0.25) is 0 Å². The van der Waals surface area contributed by atoms with E-state index in [0.29, 0.717) is 11.5 Å². The standard InChI is InChI=1S/C12H21N/c1-4-10-13-11-6-8-12(3,5-2)9-7-11/h1,11,13H,5-10H2,2-3H3. The summed E-state index contributed by atoms with van der Waals surface area (Å²) in [6, 6.07) is 0.677. The van der Waals surface area contributed by atoms with Gasteiger partial charge in [-0.1, -0.05) is 26.2 Å². The van der Waals surface area contributed by atoms with Crippen molar-refractivity contribution in [3.8, 4) is 12.3 Å². The van der Waals surface area contributed by atoms with Crippen LogP contribution in [0.1, 0.15) is 46.0 Å². The lowest BCUT2D eigenvalue weighted by Gasteiger charge is -2.36. The SMILES string of the molecule is C#CCNC1CCC(C)(CC)CC1. The van der Waals surface area contributed by atoms with E-state index in [1.54, 1.807) is 0 Å². The summed E-state index contributed by atoms with van der Waals surface area (Å²) in [7, 11) is 0. The molecular formula is C12H21N. The Balaban J connectivity index is 2.27. The maximum atomic E-state index is 5.21. The van der Waals surface area contributed by atoms with E-state index < -0.39 is 0 Å². The van der Waals surface area contributed by atoms with E-state index in [-0.39, 0.29) is 0 Å². The van der Waals surface area contributed by atoms with Crippen LogP contribution >= 0.6 is 0 Å². The van der Waals surface area contributed by atoms with E-state index in [1.807, 2.05) is 0 Å². The third kappa shape index (κ3) is 3.04. The molecule has 1 aliphatic rings. The van der Waals surface area contributed by atoms with Gasteiger partial charge >= 0.3 is 0 Å². The van der Waals surface area contributed by atoms with Crippen molar-refractivity contribution in [3.05, 3.63) is 0 Å². The van der Waals surface area contributed by atoms with Gasteiger partial charge in [0.15, 0.2) is 0 Å². The van der Waals surface area contributed by atoms with Gasteiger partial charge in [0.05, 0.1) is 6.54 Å². The molecule has 0 aromatic rings. The number of terminal acetylenes is 1. The molecule has 0 saturated heterocycles. The molecule has 0 atom stereocenters. The maximum Gasteiger partial charge on any atom is 0.0575 e. The summed E-state index contributed by atoms with van der Waals surface area (Å²) in [5, 5.41) is 3.40. The van der Waals surface area contributed by atoms with E-state index in [1.165, 1.54) is 32.1 Å². The van der Waals surface area contributed by atoms with Crippen molar-refractivity contribution in [3.63, 3.8) is 0 Å². The minimum Gasteiger partial charge on any atom is -0.303 e. The molecule has 0 spiro atoms. The second-order valence-corrected chi connectivity index (χ2v) is 4.52. The highest BCUT2D eigenvalue weighted by atomic mass is 14.9. The number of nitrogens with one attached hydrogen (secondary N) is 1. The third-order valence-corrected chi connectivity index (χ3v) is 3.54. The monoisotopic (exact) mass is 179 g/mol. The topological polar surface area (TPSA) is 12.0 Å². The second-order valence-electron chi connectivity index (χ2n) is 4.52. The van der Waals surface area contributed by atoms with Gasteiger partial charge in [-0.3, -0.25) is 0 Å². The van der Waals surface area contributed by atoms with Crippen molar-refractivity contribution in [2.75, 3.05) is 6.54 Å². The third-order valence-electron chi connectivity index (χ3n) is 3.54. The number of hydrogen-bond acceptors (Lipinski definition) is 1. The van der Waals surface area contributed by atoms with Gasteiger partial charge in [0.25, 0.3) is 0 Å². The normalized spacial score (nSPS) is 34.1. The first-order valence-corrected chi connectivity index (χ1v) is 5.37. The van der Waals surface area contributed by atoms with E-state index in [9.17, 15) is 0 Å². The fourth-order valence-corrected chi connectivity index (χ4v) is 2.08. The fraction of sp³-hybridized carbons (Fsp3) is 0.833. The van der Waals surface area contributed by atoms with E-state index in [0.717, 1.165) is 6.54 Å². The first-order valence-electron chi connectivity index (χ1n) is 5.37. The number of rotatable bonds is 3. The zero-order valence-electron chi connectivity index (χ0n) is 8.90. The van der Waals surface area contributed by atoms with Gasteiger partial charge in [-0.15, -0.1) is 6.42 Å². The summed E-state index contributed by atoms with van der Waals surface area (Å²) in [6.45, 7) is 5.44. The lowest BCUT2D eigenvalue weighted by atomic mass is 9.72. The van der Waals surface area contributed by atoms with Gasteiger partial charge in [-0.2, -0.15) is 0 Å². The molecule has 1 saturated carbocycles. The van der Waals surface area contributed by atoms with Crippen molar-refractivity contribution < 1.29 is 0 Å². The Labute approximate surface area is 82.3 Å². The Morgan fingerprint density at radius 3 is 2.54 bits per heavy atom. The summed E-state index contributed by atoms with van der Waals surface area (Å²) >= 11 is 0. The van der Waals surface area contributed by atoms with Crippen LogP contribution in [0.3, 0.4) is 0 Å². The van der Waals surface area contributed by atoms with Crippen LogP contribution in [0.25, 0.3) is 0 Å². The fourth-order valence-electron chi connectivity index (χ4n) is 2.08. The molecule has 74 valence electrons. The molecule has 0 aromatic heterocycles. The Morgan fingerprint density at radius 2 is 2.08 bits per heavy atom. The molecule has 0 radical (unpaired) electrons. The van der Waals surface area contributed by atoms with E-state index >= 15 is 0 Å². The van der Waals surface area contributed by atoms with E-state index in [2.05, 4.69) is 25.1 Å². The molecule has 1 fully saturated rings. The van der Waals surface area contributed by atoms with Crippen LogP contribution in [0.4, 0.5) is 0 Å². The molecule has 0 heterocycles. The molecular weight excluding hydrogens is 158 g/mol. The van der Waals surface area contributed by atoms with Crippen molar-refractivity contribution in [2.24, 2.45) is 5.41 Å². The van der Waals surface area contributed by atoms with Gasteiger partial charge in [-0.05, 0) is 31.1 Å². The molecule has 0 unspecified atom stereocenters. The largest absolute Gasteiger partial charge is 0.303 e. The van der Waals surface area contributed by atoms with Crippen LogP contribution in [0, 0.1) is 17.8 Å². The van der Waals surface area contributed by atoms with Gasteiger partial charge in [0, 0.05) is 6.04 Å². The summed E-state index contributed by atoms with van der Waals surface area (Å²) in [5.41, 5.74) is 0.605. The lowest BCUT2D eigenvalue weighted by Crippen LogP contribution is -2.36. The predicted octanol–water partition coefficient (Wildman–Crippen LogP) is 2.57. The maximum absolute atomic E-state index is 5.21. The second kappa shape index (κ2) is 4.67.